The van der Waals surface area contributed by atoms with Gasteiger partial charge < -0.3 is 9.64 Å². The summed E-state index contributed by atoms with van der Waals surface area (Å²) >= 11 is 5.75. The highest BCUT2D eigenvalue weighted by Gasteiger charge is 2.47. The van der Waals surface area contributed by atoms with Crippen LogP contribution in [0.1, 0.15) is 0 Å². The number of morpholine rings is 1. The fraction of sp³-hybridized carbons (Fsp3) is 0.444. The van der Waals surface area contributed by atoms with Gasteiger partial charge in [-0.1, -0.05) is 11.6 Å². The Kier molecular flexibility index (Phi) is 1.51. The maximum atomic E-state index is 5.75. The van der Waals surface area contributed by atoms with Crippen LogP contribution in [-0.4, -0.2) is 30.3 Å². The van der Waals surface area contributed by atoms with Gasteiger partial charge in [-0.2, -0.15) is 0 Å². The minimum Gasteiger partial charge on any atom is -0.372 e. The molecule has 0 amide bonds. The molecule has 4 heteroatoms. The third-order valence-electron chi connectivity index (χ3n) is 2.69. The highest BCUT2D eigenvalue weighted by Crippen LogP contribution is 2.33. The van der Waals surface area contributed by atoms with Gasteiger partial charge in [-0.15, -0.1) is 0 Å². The second-order valence-corrected chi connectivity index (χ2v) is 3.86. The zero-order chi connectivity index (χ0) is 8.84. The summed E-state index contributed by atoms with van der Waals surface area (Å²) in [6.45, 7) is 1.81. The quantitative estimate of drug-likeness (QED) is 0.678. The van der Waals surface area contributed by atoms with Crippen molar-refractivity contribution in [2.45, 2.75) is 12.1 Å². The molecular weight excluding hydrogens is 188 g/mol. The summed E-state index contributed by atoms with van der Waals surface area (Å²) in [6.07, 6.45) is 2.14. The van der Waals surface area contributed by atoms with E-state index in [1.807, 2.05) is 12.1 Å². The van der Waals surface area contributed by atoms with Gasteiger partial charge in [-0.05, 0) is 12.1 Å². The molecule has 3 rings (SSSR count). The van der Waals surface area contributed by atoms with Gasteiger partial charge in [0.2, 0.25) is 0 Å². The van der Waals surface area contributed by atoms with E-state index in [-0.39, 0.29) is 0 Å². The molecule has 0 N–H and O–H groups in total. The number of hydrogen-bond acceptors (Lipinski definition) is 3. The van der Waals surface area contributed by atoms with E-state index < -0.39 is 0 Å². The molecule has 1 aromatic rings. The zero-order valence-electron chi connectivity index (χ0n) is 6.98. The Morgan fingerprint density at radius 3 is 2.92 bits per heavy atom. The molecule has 0 radical (unpaired) electrons. The van der Waals surface area contributed by atoms with Gasteiger partial charge in [0.05, 0.1) is 23.8 Å². The lowest BCUT2D eigenvalue weighted by Crippen LogP contribution is -2.71. The summed E-state index contributed by atoms with van der Waals surface area (Å²) in [5.74, 6) is 1.01. The number of nitrogens with zero attached hydrogens (tertiary/aromatic N) is 2. The molecule has 0 saturated carbocycles. The molecule has 1 aromatic heterocycles. The number of aromatic nitrogens is 1. The first-order valence-electron chi connectivity index (χ1n) is 4.34. The lowest BCUT2D eigenvalue weighted by atomic mass is 9.95. The summed E-state index contributed by atoms with van der Waals surface area (Å²) in [5.41, 5.74) is 0. The van der Waals surface area contributed by atoms with Gasteiger partial charge in [-0.3, -0.25) is 0 Å². The van der Waals surface area contributed by atoms with Gasteiger partial charge in [0, 0.05) is 12.7 Å². The topological polar surface area (TPSA) is 25.4 Å². The van der Waals surface area contributed by atoms with Gasteiger partial charge in [-0.25, -0.2) is 4.98 Å². The highest BCUT2D eigenvalue weighted by atomic mass is 35.5. The Morgan fingerprint density at radius 1 is 1.54 bits per heavy atom. The molecule has 0 bridgehead atoms. The average molecular weight is 197 g/mol. The Hall–Kier alpha value is -0.800. The van der Waals surface area contributed by atoms with Gasteiger partial charge in [0.25, 0.3) is 0 Å². The molecule has 13 heavy (non-hydrogen) atoms. The second kappa shape index (κ2) is 2.59. The molecule has 2 aliphatic heterocycles. The van der Waals surface area contributed by atoms with E-state index in [0.717, 1.165) is 19.0 Å². The van der Waals surface area contributed by atoms with Crippen molar-refractivity contribution in [3.8, 4) is 0 Å². The predicted octanol–water partition coefficient (Wildman–Crippen LogP) is 1.32. The van der Waals surface area contributed by atoms with Crippen LogP contribution < -0.4 is 4.90 Å². The average Bonchev–Trinajstić information content (AvgIpc) is 2.12. The minimum atomic E-state index is 0.456. The van der Waals surface area contributed by atoms with E-state index in [1.165, 1.54) is 0 Å². The maximum Gasteiger partial charge on any atom is 0.129 e. The Labute approximate surface area is 81.3 Å². The molecule has 68 valence electrons. The van der Waals surface area contributed by atoms with E-state index in [1.54, 1.807) is 6.20 Å². The molecule has 3 nitrogen and oxygen atoms in total. The zero-order valence-corrected chi connectivity index (χ0v) is 7.74. The molecule has 0 spiro atoms. The predicted molar refractivity (Wildman–Crippen MR) is 50.1 cm³/mol. The number of halogens is 1. The van der Waals surface area contributed by atoms with E-state index in [9.17, 15) is 0 Å². The number of anilines is 1. The fourth-order valence-corrected chi connectivity index (χ4v) is 1.89. The van der Waals surface area contributed by atoms with Crippen molar-refractivity contribution in [1.82, 2.24) is 4.98 Å². The van der Waals surface area contributed by atoms with Crippen molar-refractivity contribution in [2.75, 3.05) is 18.1 Å². The summed E-state index contributed by atoms with van der Waals surface area (Å²) in [5, 5.41) is 0.686. The summed E-state index contributed by atoms with van der Waals surface area (Å²) in [4.78, 5) is 6.51. The monoisotopic (exact) mass is 196 g/mol. The minimum absolute atomic E-state index is 0.456. The summed E-state index contributed by atoms with van der Waals surface area (Å²) < 4.78 is 5.31. The standard InChI is InChI=1S/C9H9ClN2O/c10-6-1-2-9(11-3-6)12-4-8-7(12)5-13-8/h1-3,7-8H,4-5H2/t7-,8?/m1/s1. The molecule has 3 heterocycles. The van der Waals surface area contributed by atoms with Crippen molar-refractivity contribution < 1.29 is 4.74 Å². The van der Waals surface area contributed by atoms with Gasteiger partial charge >= 0.3 is 0 Å². The number of fused-ring (bicyclic) bond motifs is 1. The van der Waals surface area contributed by atoms with Crippen molar-refractivity contribution in [3.05, 3.63) is 23.4 Å². The van der Waals surface area contributed by atoms with Crippen LogP contribution in [0.15, 0.2) is 18.3 Å². The summed E-state index contributed by atoms with van der Waals surface area (Å²) in [7, 11) is 0. The molecule has 1 unspecified atom stereocenters. The van der Waals surface area contributed by atoms with Crippen LogP contribution in [0.3, 0.4) is 0 Å². The van der Waals surface area contributed by atoms with Crippen LogP contribution in [0.2, 0.25) is 5.02 Å². The first kappa shape index (κ1) is 7.59. The molecule has 0 aromatic carbocycles. The van der Waals surface area contributed by atoms with Gasteiger partial charge in [0.15, 0.2) is 0 Å². The van der Waals surface area contributed by atoms with Crippen LogP contribution >= 0.6 is 11.6 Å². The molecular formula is C9H9ClN2O. The molecule has 2 saturated heterocycles. The normalized spacial score (nSPS) is 30.4. The van der Waals surface area contributed by atoms with E-state index >= 15 is 0 Å². The Morgan fingerprint density at radius 2 is 2.46 bits per heavy atom. The first-order valence-corrected chi connectivity index (χ1v) is 4.72. The van der Waals surface area contributed by atoms with Crippen molar-refractivity contribution in [1.29, 1.82) is 0 Å². The largest absolute Gasteiger partial charge is 0.372 e. The molecule has 2 atom stereocenters. The Balaban J connectivity index is 1.81. The van der Waals surface area contributed by atoms with Crippen LogP contribution in [0.4, 0.5) is 5.82 Å². The van der Waals surface area contributed by atoms with Crippen molar-refractivity contribution in [2.24, 2.45) is 0 Å². The Bertz CT molecular complexity index is 327. The molecule has 2 fully saturated rings. The number of ether oxygens (including phenoxy) is 1. The van der Waals surface area contributed by atoms with Crippen LogP contribution in [0, 0.1) is 0 Å². The van der Waals surface area contributed by atoms with E-state index in [4.69, 9.17) is 16.3 Å². The van der Waals surface area contributed by atoms with Crippen LogP contribution in [0.25, 0.3) is 0 Å². The highest BCUT2D eigenvalue weighted by molar-refractivity contribution is 6.30. The number of pyridine rings is 1. The molecule has 2 aliphatic rings. The van der Waals surface area contributed by atoms with Crippen molar-refractivity contribution in [3.63, 3.8) is 0 Å². The van der Waals surface area contributed by atoms with E-state index in [2.05, 4.69) is 9.88 Å². The second-order valence-electron chi connectivity index (χ2n) is 3.43. The smallest absolute Gasteiger partial charge is 0.129 e. The van der Waals surface area contributed by atoms with Crippen molar-refractivity contribution >= 4 is 17.4 Å². The van der Waals surface area contributed by atoms with Crippen LogP contribution in [-0.2, 0) is 4.74 Å². The van der Waals surface area contributed by atoms with E-state index in [0.29, 0.717) is 17.2 Å². The third-order valence-corrected chi connectivity index (χ3v) is 2.92. The maximum absolute atomic E-state index is 5.75. The summed E-state index contributed by atoms with van der Waals surface area (Å²) in [6, 6.07) is 4.39. The van der Waals surface area contributed by atoms with Gasteiger partial charge in [0.1, 0.15) is 5.82 Å². The first-order chi connectivity index (χ1) is 6.34. The lowest BCUT2D eigenvalue weighted by molar-refractivity contribution is -0.113. The molecule has 0 aliphatic carbocycles. The SMILES string of the molecule is Clc1ccc(N2CC3OC[C@H]32)nc1. The number of rotatable bonds is 1. The lowest BCUT2D eigenvalue weighted by Gasteiger charge is -2.55. The number of hydrogen-bond donors (Lipinski definition) is 0. The fourth-order valence-electron chi connectivity index (χ4n) is 1.78. The third kappa shape index (κ3) is 1.04. The van der Waals surface area contributed by atoms with Crippen LogP contribution in [0.5, 0.6) is 0 Å².